The summed E-state index contributed by atoms with van der Waals surface area (Å²) in [5, 5.41) is 2.88. The van der Waals surface area contributed by atoms with Gasteiger partial charge in [0.2, 0.25) is 5.91 Å². The predicted molar refractivity (Wildman–Crippen MR) is 73.3 cm³/mol. The van der Waals surface area contributed by atoms with Crippen LogP contribution < -0.4 is 5.32 Å². The lowest BCUT2D eigenvalue weighted by Gasteiger charge is -2.16. The van der Waals surface area contributed by atoms with Crippen LogP contribution in [0.1, 0.15) is 47.0 Å². The van der Waals surface area contributed by atoms with Crippen molar-refractivity contribution in [2.24, 2.45) is 0 Å². The first-order chi connectivity index (χ1) is 8.60. The van der Waals surface area contributed by atoms with E-state index in [4.69, 9.17) is 9.47 Å². The topological polar surface area (TPSA) is 47.6 Å². The van der Waals surface area contributed by atoms with Gasteiger partial charge in [-0.1, -0.05) is 11.6 Å². The van der Waals surface area contributed by atoms with Crippen molar-refractivity contribution in [2.75, 3.05) is 19.8 Å². The number of nitrogens with one attached hydrogen (secondary N) is 1. The quantitative estimate of drug-likeness (QED) is 0.372. The molecule has 0 aromatic heterocycles. The van der Waals surface area contributed by atoms with Crippen LogP contribution in [0, 0.1) is 0 Å². The van der Waals surface area contributed by atoms with E-state index >= 15 is 0 Å². The van der Waals surface area contributed by atoms with Crippen LogP contribution in [-0.2, 0) is 14.3 Å². The second-order valence-corrected chi connectivity index (χ2v) is 4.32. The summed E-state index contributed by atoms with van der Waals surface area (Å²) in [5.41, 5.74) is 1.16. The minimum absolute atomic E-state index is 0.0700. The van der Waals surface area contributed by atoms with E-state index in [1.165, 1.54) is 0 Å². The smallest absolute Gasteiger partial charge is 0.223 e. The number of hydrogen-bond donors (Lipinski definition) is 1. The van der Waals surface area contributed by atoms with E-state index in [1.807, 2.05) is 33.8 Å². The van der Waals surface area contributed by atoms with Crippen LogP contribution in [0.2, 0.25) is 0 Å². The highest BCUT2D eigenvalue weighted by Gasteiger charge is 2.07. The molecule has 0 aliphatic carbocycles. The number of hydrogen-bond acceptors (Lipinski definition) is 3. The molecule has 1 N–H and O–H groups in total. The fraction of sp³-hybridized carbons (Fsp3) is 0.786. The molecule has 4 nitrogen and oxygen atoms in total. The summed E-state index contributed by atoms with van der Waals surface area (Å²) in [6.45, 7) is 9.85. The van der Waals surface area contributed by atoms with Gasteiger partial charge in [-0.15, -0.1) is 0 Å². The first kappa shape index (κ1) is 17.1. The number of carbonyl (C=O) groups excluding carboxylic acids is 1. The zero-order chi connectivity index (χ0) is 13.8. The molecule has 0 bridgehead atoms. The summed E-state index contributed by atoms with van der Waals surface area (Å²) >= 11 is 0. The van der Waals surface area contributed by atoms with Crippen molar-refractivity contribution < 1.29 is 14.3 Å². The predicted octanol–water partition coefficient (Wildman–Crippen LogP) is 2.64. The Bertz CT molecular complexity index is 241. The molecule has 0 aliphatic rings. The zero-order valence-electron chi connectivity index (χ0n) is 12.1. The Morgan fingerprint density at radius 2 is 1.83 bits per heavy atom. The van der Waals surface area contributed by atoms with Crippen LogP contribution >= 0.6 is 0 Å². The van der Waals surface area contributed by atoms with Gasteiger partial charge >= 0.3 is 0 Å². The third-order valence-corrected chi connectivity index (χ3v) is 2.34. The van der Waals surface area contributed by atoms with Gasteiger partial charge in [-0.05, 0) is 34.1 Å². The molecule has 0 aromatic carbocycles. The van der Waals surface area contributed by atoms with Gasteiger partial charge in [-0.25, -0.2) is 0 Å². The standard InChI is InChI=1S/C14H27NO3/c1-5-17-14(18-6-2)8-7-11-15-13(16)10-9-12(3)4/h9,14H,5-8,10-11H2,1-4H3,(H,15,16). The third-order valence-electron chi connectivity index (χ3n) is 2.34. The minimum Gasteiger partial charge on any atom is -0.356 e. The average molecular weight is 257 g/mol. The summed E-state index contributed by atoms with van der Waals surface area (Å²) in [6.07, 6.45) is 3.92. The van der Waals surface area contributed by atoms with E-state index in [2.05, 4.69) is 5.32 Å². The van der Waals surface area contributed by atoms with Gasteiger partial charge < -0.3 is 14.8 Å². The van der Waals surface area contributed by atoms with Crippen LogP contribution in [0.5, 0.6) is 0 Å². The Kier molecular flexibility index (Phi) is 10.7. The van der Waals surface area contributed by atoms with Crippen molar-refractivity contribution in [1.82, 2.24) is 5.32 Å². The van der Waals surface area contributed by atoms with Gasteiger partial charge in [-0.2, -0.15) is 0 Å². The zero-order valence-corrected chi connectivity index (χ0v) is 12.1. The Morgan fingerprint density at radius 1 is 1.22 bits per heavy atom. The maximum Gasteiger partial charge on any atom is 0.223 e. The Morgan fingerprint density at radius 3 is 2.33 bits per heavy atom. The van der Waals surface area contributed by atoms with Crippen molar-refractivity contribution in [3.8, 4) is 0 Å². The number of amides is 1. The molecule has 0 heterocycles. The molecule has 0 saturated carbocycles. The van der Waals surface area contributed by atoms with Gasteiger partial charge in [0.1, 0.15) is 0 Å². The van der Waals surface area contributed by atoms with E-state index in [1.54, 1.807) is 0 Å². The van der Waals surface area contributed by atoms with Crippen molar-refractivity contribution in [1.29, 1.82) is 0 Å². The molecule has 0 fully saturated rings. The molecule has 0 atom stereocenters. The molecule has 106 valence electrons. The van der Waals surface area contributed by atoms with Gasteiger partial charge in [0.05, 0.1) is 0 Å². The molecule has 4 heteroatoms. The molecule has 0 radical (unpaired) electrons. The molecule has 0 spiro atoms. The molecular formula is C14H27NO3. The summed E-state index contributed by atoms with van der Waals surface area (Å²) in [7, 11) is 0. The Hall–Kier alpha value is -0.870. The van der Waals surface area contributed by atoms with Crippen LogP contribution in [-0.4, -0.2) is 32.0 Å². The van der Waals surface area contributed by atoms with E-state index in [9.17, 15) is 4.79 Å². The lowest BCUT2D eigenvalue weighted by atomic mass is 10.2. The van der Waals surface area contributed by atoms with Gasteiger partial charge in [-0.3, -0.25) is 4.79 Å². The largest absolute Gasteiger partial charge is 0.356 e. The molecule has 0 aromatic rings. The van der Waals surface area contributed by atoms with E-state index in [0.717, 1.165) is 18.4 Å². The summed E-state index contributed by atoms with van der Waals surface area (Å²) < 4.78 is 10.8. The van der Waals surface area contributed by atoms with Gasteiger partial charge in [0.25, 0.3) is 0 Å². The van der Waals surface area contributed by atoms with Crippen molar-refractivity contribution in [3.63, 3.8) is 0 Å². The fourth-order valence-corrected chi connectivity index (χ4v) is 1.45. The average Bonchev–Trinajstić information content (AvgIpc) is 2.32. The number of allylic oxidation sites excluding steroid dienone is 1. The highest BCUT2D eigenvalue weighted by Crippen LogP contribution is 2.03. The first-order valence-electron chi connectivity index (χ1n) is 6.73. The van der Waals surface area contributed by atoms with E-state index in [-0.39, 0.29) is 12.2 Å². The number of rotatable bonds is 10. The second-order valence-electron chi connectivity index (χ2n) is 4.32. The highest BCUT2D eigenvalue weighted by atomic mass is 16.7. The summed E-state index contributed by atoms with van der Waals surface area (Å²) in [5.74, 6) is 0.0700. The van der Waals surface area contributed by atoms with Crippen molar-refractivity contribution >= 4 is 5.91 Å². The number of ether oxygens (including phenoxy) is 2. The number of carbonyl (C=O) groups is 1. The van der Waals surface area contributed by atoms with E-state index in [0.29, 0.717) is 26.2 Å². The van der Waals surface area contributed by atoms with Crippen LogP contribution in [0.4, 0.5) is 0 Å². The first-order valence-corrected chi connectivity index (χ1v) is 6.73. The Labute approximate surface area is 111 Å². The molecule has 18 heavy (non-hydrogen) atoms. The van der Waals surface area contributed by atoms with Crippen molar-refractivity contribution in [3.05, 3.63) is 11.6 Å². The maximum absolute atomic E-state index is 11.4. The molecule has 1 amide bonds. The van der Waals surface area contributed by atoms with Gasteiger partial charge in [0.15, 0.2) is 6.29 Å². The molecule has 0 saturated heterocycles. The fourth-order valence-electron chi connectivity index (χ4n) is 1.45. The minimum atomic E-state index is -0.144. The van der Waals surface area contributed by atoms with Crippen LogP contribution in [0.25, 0.3) is 0 Å². The summed E-state index contributed by atoms with van der Waals surface area (Å²) in [4.78, 5) is 11.4. The molecule has 0 rings (SSSR count). The molecule has 0 unspecified atom stereocenters. The molecule has 0 aliphatic heterocycles. The van der Waals surface area contributed by atoms with Gasteiger partial charge in [0, 0.05) is 32.6 Å². The molecular weight excluding hydrogens is 230 g/mol. The monoisotopic (exact) mass is 257 g/mol. The van der Waals surface area contributed by atoms with Crippen molar-refractivity contribution in [2.45, 2.75) is 53.2 Å². The Balaban J connectivity index is 3.64. The second kappa shape index (κ2) is 11.2. The third kappa shape index (κ3) is 10.3. The van der Waals surface area contributed by atoms with Crippen LogP contribution in [0.15, 0.2) is 11.6 Å². The SMILES string of the molecule is CCOC(CCCNC(=O)CC=C(C)C)OCC. The lowest BCUT2D eigenvalue weighted by molar-refractivity contribution is -0.140. The van der Waals surface area contributed by atoms with E-state index < -0.39 is 0 Å². The maximum atomic E-state index is 11.4. The normalized spacial score (nSPS) is 10.5. The van der Waals surface area contributed by atoms with Crippen LogP contribution in [0.3, 0.4) is 0 Å². The summed E-state index contributed by atoms with van der Waals surface area (Å²) in [6, 6.07) is 0. The lowest BCUT2D eigenvalue weighted by Crippen LogP contribution is -2.25. The highest BCUT2D eigenvalue weighted by molar-refractivity contribution is 5.77.